The average molecular weight is 426 g/mol. The Balaban J connectivity index is 1.70. The maximum Gasteiger partial charge on any atom is 0.191 e. The van der Waals surface area contributed by atoms with Crippen LogP contribution in [0.5, 0.6) is 0 Å². The third-order valence-electron chi connectivity index (χ3n) is 3.78. The van der Waals surface area contributed by atoms with Gasteiger partial charge in [-0.1, -0.05) is 65.5 Å². The van der Waals surface area contributed by atoms with Crippen LogP contribution >= 0.6 is 34.9 Å². The molecule has 4 aromatic rings. The molecule has 3 aromatic heterocycles. The number of benzene rings is 1. The van der Waals surface area contributed by atoms with E-state index in [1.54, 1.807) is 29.7 Å². The lowest BCUT2D eigenvalue weighted by Gasteiger charge is -2.05. The summed E-state index contributed by atoms with van der Waals surface area (Å²) in [5, 5.41) is 5.73. The van der Waals surface area contributed by atoms with E-state index in [0.29, 0.717) is 0 Å². The molecule has 1 N–H and O–H groups in total. The first-order valence-electron chi connectivity index (χ1n) is 8.95. The van der Waals surface area contributed by atoms with Crippen molar-refractivity contribution >= 4 is 56.2 Å². The molecule has 4 rings (SSSR count). The number of thioether (sulfide) groups is 1. The highest BCUT2D eigenvalue weighted by Crippen LogP contribution is 2.36. The van der Waals surface area contributed by atoms with Crippen molar-refractivity contribution in [1.29, 1.82) is 0 Å². The number of fused-ring (bicyclic) bond motifs is 1. The van der Waals surface area contributed by atoms with Crippen LogP contribution in [0.2, 0.25) is 0 Å². The molecule has 0 aliphatic heterocycles. The molecule has 0 bridgehead atoms. The van der Waals surface area contributed by atoms with Crippen molar-refractivity contribution in [3.05, 3.63) is 54.2 Å². The Morgan fingerprint density at radius 2 is 1.89 bits per heavy atom. The number of aryl methyl sites for hydroxylation is 1. The van der Waals surface area contributed by atoms with Gasteiger partial charge in [0.1, 0.15) is 16.4 Å². The van der Waals surface area contributed by atoms with Crippen molar-refractivity contribution in [1.82, 2.24) is 19.9 Å². The van der Waals surface area contributed by atoms with Gasteiger partial charge in [-0.15, -0.1) is 0 Å². The highest BCUT2D eigenvalue weighted by Gasteiger charge is 2.15. The summed E-state index contributed by atoms with van der Waals surface area (Å²) < 4.78 is 0. The molecule has 1 aromatic carbocycles. The molecular weight excluding hydrogens is 406 g/mol. The Bertz CT molecular complexity index is 1060. The molecule has 28 heavy (non-hydrogen) atoms. The van der Waals surface area contributed by atoms with E-state index in [1.165, 1.54) is 16.9 Å². The average Bonchev–Trinajstić information content (AvgIpc) is 3.11. The van der Waals surface area contributed by atoms with E-state index < -0.39 is 0 Å². The lowest BCUT2D eigenvalue weighted by atomic mass is 10.2. The van der Waals surface area contributed by atoms with Crippen molar-refractivity contribution < 1.29 is 0 Å². The van der Waals surface area contributed by atoms with Crippen molar-refractivity contribution in [2.45, 2.75) is 35.3 Å². The fraction of sp³-hybridized carbons (Fsp3) is 0.200. The third-order valence-corrected chi connectivity index (χ3v) is 6.68. The Labute approximate surface area is 176 Å². The van der Waals surface area contributed by atoms with Crippen LogP contribution in [0, 0.1) is 6.92 Å². The van der Waals surface area contributed by atoms with Gasteiger partial charge in [0.2, 0.25) is 0 Å². The molecule has 0 unspecified atom stereocenters. The van der Waals surface area contributed by atoms with Crippen LogP contribution in [0.3, 0.4) is 0 Å². The SMILES string of the molecule is CCCSc1nc(Sc2ccc(C)cc2)c2nc(Nc3ccccn3)sc2n1. The van der Waals surface area contributed by atoms with Crippen LogP contribution < -0.4 is 5.32 Å². The minimum Gasteiger partial charge on any atom is -0.316 e. The number of nitrogens with zero attached hydrogens (tertiary/aromatic N) is 4. The maximum atomic E-state index is 4.79. The predicted molar refractivity (Wildman–Crippen MR) is 119 cm³/mol. The fourth-order valence-electron chi connectivity index (χ4n) is 2.43. The van der Waals surface area contributed by atoms with E-state index in [9.17, 15) is 0 Å². The molecule has 0 amide bonds. The second kappa shape index (κ2) is 8.89. The van der Waals surface area contributed by atoms with Crippen LogP contribution in [-0.4, -0.2) is 25.7 Å². The molecule has 5 nitrogen and oxygen atoms in total. The van der Waals surface area contributed by atoms with Gasteiger partial charge in [-0.25, -0.2) is 19.9 Å². The predicted octanol–water partition coefficient (Wildman–Crippen LogP) is 6.19. The summed E-state index contributed by atoms with van der Waals surface area (Å²) in [5.74, 6) is 1.76. The first kappa shape index (κ1) is 19.2. The minimum atomic E-state index is 0.767. The molecule has 0 aliphatic carbocycles. The van der Waals surface area contributed by atoms with E-state index in [2.05, 4.69) is 48.4 Å². The fourth-order valence-corrected chi connectivity index (χ4v) is 5.02. The number of pyridine rings is 1. The van der Waals surface area contributed by atoms with Gasteiger partial charge >= 0.3 is 0 Å². The van der Waals surface area contributed by atoms with Crippen LogP contribution in [0.1, 0.15) is 18.9 Å². The Morgan fingerprint density at radius 1 is 1.04 bits per heavy atom. The van der Waals surface area contributed by atoms with Crippen molar-refractivity contribution in [2.75, 3.05) is 11.1 Å². The number of anilines is 2. The van der Waals surface area contributed by atoms with Crippen LogP contribution in [-0.2, 0) is 0 Å². The number of hydrogen-bond acceptors (Lipinski definition) is 8. The summed E-state index contributed by atoms with van der Waals surface area (Å²) in [7, 11) is 0. The van der Waals surface area contributed by atoms with E-state index in [4.69, 9.17) is 15.0 Å². The summed E-state index contributed by atoms with van der Waals surface area (Å²) >= 11 is 4.84. The topological polar surface area (TPSA) is 63.6 Å². The van der Waals surface area contributed by atoms with E-state index in [-0.39, 0.29) is 0 Å². The van der Waals surface area contributed by atoms with Gasteiger partial charge in [-0.3, -0.25) is 0 Å². The molecule has 0 saturated heterocycles. The molecule has 142 valence electrons. The largest absolute Gasteiger partial charge is 0.316 e. The zero-order chi connectivity index (χ0) is 19.3. The van der Waals surface area contributed by atoms with Crippen LogP contribution in [0.15, 0.2) is 63.7 Å². The number of hydrogen-bond donors (Lipinski definition) is 1. The highest BCUT2D eigenvalue weighted by atomic mass is 32.2. The molecular formula is C20H19N5S3. The zero-order valence-electron chi connectivity index (χ0n) is 15.5. The smallest absolute Gasteiger partial charge is 0.191 e. The molecule has 3 heterocycles. The second-order valence-corrected chi connectivity index (χ2v) is 9.19. The Morgan fingerprint density at radius 3 is 2.64 bits per heavy atom. The van der Waals surface area contributed by atoms with E-state index in [1.807, 2.05) is 18.2 Å². The van der Waals surface area contributed by atoms with E-state index >= 15 is 0 Å². The number of thiazole rings is 1. The van der Waals surface area contributed by atoms with Gasteiger partial charge < -0.3 is 5.32 Å². The molecule has 0 radical (unpaired) electrons. The lowest BCUT2D eigenvalue weighted by molar-refractivity contribution is 0.926. The summed E-state index contributed by atoms with van der Waals surface area (Å²) in [6, 6.07) is 14.2. The van der Waals surface area contributed by atoms with Crippen LogP contribution in [0.25, 0.3) is 10.3 Å². The normalized spacial score (nSPS) is 11.1. The zero-order valence-corrected chi connectivity index (χ0v) is 18.0. The Kier molecular flexibility index (Phi) is 6.09. The lowest BCUT2D eigenvalue weighted by Crippen LogP contribution is -1.93. The Hall–Kier alpha value is -2.16. The van der Waals surface area contributed by atoms with E-state index in [0.717, 1.165) is 48.5 Å². The monoisotopic (exact) mass is 425 g/mol. The molecule has 0 atom stereocenters. The van der Waals surface area contributed by atoms with Gasteiger partial charge in [0, 0.05) is 16.8 Å². The summed E-state index contributed by atoms with van der Waals surface area (Å²) in [5.41, 5.74) is 2.07. The van der Waals surface area contributed by atoms with Crippen LogP contribution in [0.4, 0.5) is 10.9 Å². The molecule has 8 heteroatoms. The van der Waals surface area contributed by atoms with Gasteiger partial charge in [0.05, 0.1) is 0 Å². The van der Waals surface area contributed by atoms with Gasteiger partial charge in [0.15, 0.2) is 15.1 Å². The summed E-state index contributed by atoms with van der Waals surface area (Å²) in [4.78, 5) is 20.6. The molecule has 0 fully saturated rings. The van der Waals surface area contributed by atoms with Crippen molar-refractivity contribution in [3.8, 4) is 0 Å². The molecule has 0 aliphatic rings. The highest BCUT2D eigenvalue weighted by molar-refractivity contribution is 8.00. The second-order valence-electron chi connectivity index (χ2n) is 6.09. The third kappa shape index (κ3) is 4.63. The van der Waals surface area contributed by atoms with Gasteiger partial charge in [-0.2, -0.15) is 0 Å². The van der Waals surface area contributed by atoms with Crippen molar-refractivity contribution in [2.24, 2.45) is 0 Å². The summed E-state index contributed by atoms with van der Waals surface area (Å²) in [6.45, 7) is 4.25. The molecule has 0 saturated carbocycles. The molecule has 0 spiro atoms. The standard InChI is InChI=1S/C20H19N5S3/c1-3-12-26-19-24-17(27-14-9-7-13(2)8-10-14)16-18(25-19)28-20(23-16)22-15-6-4-5-11-21-15/h4-11H,3,12H2,1-2H3,(H,21,22,23). The first-order chi connectivity index (χ1) is 13.7. The number of rotatable bonds is 7. The van der Waals surface area contributed by atoms with Gasteiger partial charge in [-0.05, 0) is 37.6 Å². The van der Waals surface area contributed by atoms with Crippen molar-refractivity contribution in [3.63, 3.8) is 0 Å². The first-order valence-corrected chi connectivity index (χ1v) is 11.6. The quantitative estimate of drug-likeness (QED) is 0.215. The van der Waals surface area contributed by atoms with Gasteiger partial charge in [0.25, 0.3) is 0 Å². The summed E-state index contributed by atoms with van der Waals surface area (Å²) in [6.07, 6.45) is 2.84. The number of nitrogens with one attached hydrogen (secondary N) is 1. The number of aromatic nitrogens is 4. The maximum absolute atomic E-state index is 4.79. The minimum absolute atomic E-state index is 0.767.